The van der Waals surface area contributed by atoms with Gasteiger partial charge in [0.15, 0.2) is 5.16 Å². The van der Waals surface area contributed by atoms with Crippen LogP contribution in [-0.4, -0.2) is 32.8 Å². The Morgan fingerprint density at radius 3 is 3.05 bits per heavy atom. The van der Waals surface area contributed by atoms with E-state index in [1.54, 1.807) is 24.7 Å². The highest BCUT2D eigenvalue weighted by Gasteiger charge is 2.05. The van der Waals surface area contributed by atoms with E-state index >= 15 is 0 Å². The molecule has 0 saturated carbocycles. The van der Waals surface area contributed by atoms with Crippen molar-refractivity contribution in [1.82, 2.24) is 20.4 Å². The second kappa shape index (κ2) is 6.86. The number of thioether (sulfide) groups is 1. The number of carbonyl (C=O) groups excluding carboxylic acids is 1. The minimum absolute atomic E-state index is 0.189. The summed E-state index contributed by atoms with van der Waals surface area (Å²) in [6.07, 6.45) is 4.90. The first kappa shape index (κ1) is 14.3. The number of pyridine rings is 1. The molecular weight excluding hydrogens is 298 g/mol. The normalized spacial score (nSPS) is 11.1. The molecule has 0 aliphatic carbocycles. The number of fused-ring (bicyclic) bond motifs is 1. The molecule has 0 radical (unpaired) electrons. The van der Waals surface area contributed by atoms with Gasteiger partial charge in [0.25, 0.3) is 5.91 Å². The van der Waals surface area contributed by atoms with Crippen molar-refractivity contribution in [1.29, 1.82) is 0 Å². The van der Waals surface area contributed by atoms with Crippen molar-refractivity contribution in [2.75, 3.05) is 5.75 Å². The van der Waals surface area contributed by atoms with Crippen LogP contribution in [0.15, 0.2) is 59.0 Å². The van der Waals surface area contributed by atoms with Gasteiger partial charge in [-0.2, -0.15) is 5.10 Å². The number of H-pyrrole nitrogens is 1. The van der Waals surface area contributed by atoms with Gasteiger partial charge in [0.1, 0.15) is 0 Å². The van der Waals surface area contributed by atoms with Gasteiger partial charge >= 0.3 is 0 Å². The smallest absolute Gasteiger partial charge is 0.250 e. The van der Waals surface area contributed by atoms with Crippen LogP contribution < -0.4 is 5.43 Å². The number of hydrogen-bond acceptors (Lipinski definition) is 5. The maximum absolute atomic E-state index is 11.7. The van der Waals surface area contributed by atoms with Gasteiger partial charge in [-0.15, -0.1) is 0 Å². The summed E-state index contributed by atoms with van der Waals surface area (Å²) in [6, 6.07) is 11.4. The van der Waals surface area contributed by atoms with E-state index in [1.165, 1.54) is 11.8 Å². The number of para-hydroxylation sites is 2. The van der Waals surface area contributed by atoms with Crippen LogP contribution in [0.5, 0.6) is 0 Å². The Morgan fingerprint density at radius 2 is 2.23 bits per heavy atom. The zero-order valence-corrected chi connectivity index (χ0v) is 12.4. The van der Waals surface area contributed by atoms with Crippen molar-refractivity contribution in [3.63, 3.8) is 0 Å². The third-order valence-corrected chi connectivity index (χ3v) is 3.67. The molecule has 0 aliphatic rings. The molecule has 1 amide bonds. The quantitative estimate of drug-likeness (QED) is 0.430. The molecular formula is C15H13N5OS. The van der Waals surface area contributed by atoms with E-state index in [9.17, 15) is 4.79 Å². The van der Waals surface area contributed by atoms with Crippen molar-refractivity contribution in [3.05, 3.63) is 54.4 Å². The van der Waals surface area contributed by atoms with E-state index in [0.717, 1.165) is 16.6 Å². The topological polar surface area (TPSA) is 83.0 Å². The number of nitrogens with one attached hydrogen (secondary N) is 2. The fraction of sp³-hybridized carbons (Fsp3) is 0.0667. The molecule has 2 aromatic heterocycles. The first-order chi connectivity index (χ1) is 10.8. The third kappa shape index (κ3) is 3.70. The number of benzene rings is 1. The maximum atomic E-state index is 11.7. The number of nitrogens with zero attached hydrogens (tertiary/aromatic N) is 3. The lowest BCUT2D eigenvalue weighted by molar-refractivity contribution is -0.118. The second-order valence-electron chi connectivity index (χ2n) is 4.43. The Bertz CT molecular complexity index is 767. The summed E-state index contributed by atoms with van der Waals surface area (Å²) in [5.41, 5.74) is 5.15. The molecule has 0 bridgehead atoms. The van der Waals surface area contributed by atoms with Crippen LogP contribution in [0.3, 0.4) is 0 Å². The molecule has 2 N–H and O–H groups in total. The Hall–Kier alpha value is -2.67. The molecule has 7 heteroatoms. The van der Waals surface area contributed by atoms with E-state index in [0.29, 0.717) is 5.16 Å². The number of hydrazone groups is 1. The molecule has 6 nitrogen and oxygen atoms in total. The average molecular weight is 311 g/mol. The van der Waals surface area contributed by atoms with E-state index in [1.807, 2.05) is 30.3 Å². The largest absolute Gasteiger partial charge is 0.333 e. The van der Waals surface area contributed by atoms with Crippen LogP contribution in [0.2, 0.25) is 0 Å². The molecule has 0 saturated heterocycles. The van der Waals surface area contributed by atoms with Gasteiger partial charge in [-0.3, -0.25) is 9.78 Å². The predicted octanol–water partition coefficient (Wildman–Crippen LogP) is 2.20. The van der Waals surface area contributed by atoms with Crippen molar-refractivity contribution in [3.8, 4) is 0 Å². The lowest BCUT2D eigenvalue weighted by Crippen LogP contribution is -2.19. The van der Waals surface area contributed by atoms with Crippen molar-refractivity contribution < 1.29 is 4.79 Å². The predicted molar refractivity (Wildman–Crippen MR) is 86.8 cm³/mol. The fourth-order valence-corrected chi connectivity index (χ4v) is 2.47. The monoisotopic (exact) mass is 311 g/mol. The number of amides is 1. The van der Waals surface area contributed by atoms with E-state index in [4.69, 9.17) is 0 Å². The van der Waals surface area contributed by atoms with Crippen molar-refractivity contribution in [2.45, 2.75) is 5.16 Å². The SMILES string of the molecule is O=C(CSc1nc2ccccc2[nH]1)N/N=C/c1cccnc1. The first-order valence-corrected chi connectivity index (χ1v) is 7.59. The highest BCUT2D eigenvalue weighted by molar-refractivity contribution is 7.99. The molecule has 3 aromatic rings. The zero-order valence-electron chi connectivity index (χ0n) is 11.6. The summed E-state index contributed by atoms with van der Waals surface area (Å²) < 4.78 is 0. The highest BCUT2D eigenvalue weighted by atomic mass is 32.2. The average Bonchev–Trinajstić information content (AvgIpc) is 2.97. The van der Waals surface area contributed by atoms with E-state index in [2.05, 4.69) is 25.5 Å². The fourth-order valence-electron chi connectivity index (χ4n) is 1.80. The molecule has 0 spiro atoms. The van der Waals surface area contributed by atoms with Crippen LogP contribution >= 0.6 is 11.8 Å². The molecule has 0 atom stereocenters. The Labute approximate surface area is 131 Å². The van der Waals surface area contributed by atoms with Crippen LogP contribution in [0.25, 0.3) is 11.0 Å². The first-order valence-electron chi connectivity index (χ1n) is 6.61. The summed E-state index contributed by atoms with van der Waals surface area (Å²) in [5.74, 6) is 0.0510. The van der Waals surface area contributed by atoms with Gasteiger partial charge in [0, 0.05) is 18.0 Å². The Balaban J connectivity index is 1.51. The van der Waals surface area contributed by atoms with Crippen molar-refractivity contribution >= 4 is 34.9 Å². The van der Waals surface area contributed by atoms with Crippen LogP contribution in [0.4, 0.5) is 0 Å². The number of rotatable bonds is 5. The molecule has 110 valence electrons. The van der Waals surface area contributed by atoms with E-state index in [-0.39, 0.29) is 11.7 Å². The van der Waals surface area contributed by atoms with Crippen molar-refractivity contribution in [2.24, 2.45) is 5.10 Å². The van der Waals surface area contributed by atoms with E-state index < -0.39 is 0 Å². The molecule has 3 rings (SSSR count). The maximum Gasteiger partial charge on any atom is 0.250 e. The lowest BCUT2D eigenvalue weighted by atomic mass is 10.3. The minimum Gasteiger partial charge on any atom is -0.333 e. The highest BCUT2D eigenvalue weighted by Crippen LogP contribution is 2.18. The summed E-state index contributed by atoms with van der Waals surface area (Å²) in [6.45, 7) is 0. The number of aromatic nitrogens is 3. The molecule has 0 unspecified atom stereocenters. The zero-order chi connectivity index (χ0) is 15.2. The van der Waals surface area contributed by atoms with Gasteiger partial charge in [-0.25, -0.2) is 10.4 Å². The molecule has 0 aliphatic heterocycles. The number of aromatic amines is 1. The minimum atomic E-state index is -0.189. The molecule has 2 heterocycles. The lowest BCUT2D eigenvalue weighted by Gasteiger charge is -1.97. The number of imidazole rings is 1. The third-order valence-electron chi connectivity index (χ3n) is 2.79. The molecule has 22 heavy (non-hydrogen) atoms. The standard InChI is InChI=1S/C15H13N5OS/c21-14(20-17-9-11-4-3-7-16-8-11)10-22-15-18-12-5-1-2-6-13(12)19-15/h1-9H,10H2,(H,18,19)(H,20,21)/b17-9+. The summed E-state index contributed by atoms with van der Waals surface area (Å²) in [7, 11) is 0. The van der Waals surface area contributed by atoms with Gasteiger partial charge in [0.2, 0.25) is 0 Å². The summed E-state index contributed by atoms with van der Waals surface area (Å²) >= 11 is 1.34. The van der Waals surface area contributed by atoms with Gasteiger partial charge < -0.3 is 4.98 Å². The van der Waals surface area contributed by atoms with Gasteiger partial charge in [0.05, 0.1) is 23.0 Å². The number of hydrogen-bond donors (Lipinski definition) is 2. The second-order valence-corrected chi connectivity index (χ2v) is 5.39. The van der Waals surface area contributed by atoms with Crippen LogP contribution in [0, 0.1) is 0 Å². The summed E-state index contributed by atoms with van der Waals surface area (Å²) in [5, 5.41) is 4.60. The van der Waals surface area contributed by atoms with Crippen LogP contribution in [0.1, 0.15) is 5.56 Å². The number of carbonyl (C=O) groups is 1. The van der Waals surface area contributed by atoms with Gasteiger partial charge in [-0.1, -0.05) is 30.0 Å². The molecule has 0 fully saturated rings. The Morgan fingerprint density at radius 1 is 1.32 bits per heavy atom. The molecule has 1 aromatic carbocycles. The van der Waals surface area contributed by atoms with Gasteiger partial charge in [-0.05, 0) is 18.2 Å². The van der Waals surface area contributed by atoms with Crippen LogP contribution in [-0.2, 0) is 4.79 Å². The Kier molecular flexibility index (Phi) is 4.45. The summed E-state index contributed by atoms with van der Waals surface area (Å²) in [4.78, 5) is 23.2.